The monoisotopic (exact) mass is 440 g/mol. The molecule has 0 amide bonds. The first kappa shape index (κ1) is 22.7. The molecule has 1 saturated heterocycles. The molecule has 2 fully saturated rings. The second kappa shape index (κ2) is 9.02. The molecule has 0 radical (unpaired) electrons. The lowest BCUT2D eigenvalue weighted by Crippen LogP contribution is -2.57. The third-order valence-corrected chi connectivity index (χ3v) is 14.3. The molecular weight excluding hydrogens is 404 g/mol. The Hall–Kier alpha value is 0.0169. The maximum absolute atomic E-state index is 11.1. The summed E-state index contributed by atoms with van der Waals surface area (Å²) in [5.41, 5.74) is 1.14. The van der Waals surface area contributed by atoms with Gasteiger partial charge in [-0.05, 0) is 54.5 Å². The Morgan fingerprint density at radius 1 is 1.11 bits per heavy atom. The predicted molar refractivity (Wildman–Crippen MR) is 125 cm³/mol. The highest BCUT2D eigenvalue weighted by atomic mass is 32.2. The predicted octanol–water partition coefficient (Wildman–Crippen LogP) is 5.68. The van der Waals surface area contributed by atoms with Crippen molar-refractivity contribution >= 4 is 31.8 Å². The SMILES string of the molecule is CC(C)(C)[Si](C)(C)O[C@H]1CC2(C[C@H](O)C1OCc1ccccc1)SCCCS2. The van der Waals surface area contributed by atoms with Crippen LogP contribution >= 0.6 is 23.5 Å². The summed E-state index contributed by atoms with van der Waals surface area (Å²) in [5, 5.41) is 11.3. The molecule has 1 aromatic carbocycles. The van der Waals surface area contributed by atoms with Crippen LogP contribution in [-0.2, 0) is 15.8 Å². The first-order valence-corrected chi connectivity index (χ1v) is 15.3. The van der Waals surface area contributed by atoms with Gasteiger partial charge in [0.1, 0.15) is 6.10 Å². The van der Waals surface area contributed by atoms with E-state index in [0.29, 0.717) is 6.61 Å². The lowest BCUT2D eigenvalue weighted by Gasteiger charge is -2.50. The van der Waals surface area contributed by atoms with Gasteiger partial charge in [-0.1, -0.05) is 51.1 Å². The molecule has 1 N–H and O–H groups in total. The molecule has 3 rings (SSSR count). The van der Waals surface area contributed by atoms with E-state index < -0.39 is 14.4 Å². The highest BCUT2D eigenvalue weighted by Crippen LogP contribution is 2.53. The number of rotatable bonds is 5. The summed E-state index contributed by atoms with van der Waals surface area (Å²) < 4.78 is 13.3. The summed E-state index contributed by atoms with van der Waals surface area (Å²) >= 11 is 4.05. The van der Waals surface area contributed by atoms with Crippen LogP contribution in [0.4, 0.5) is 0 Å². The van der Waals surface area contributed by atoms with E-state index in [1.807, 2.05) is 41.7 Å². The Morgan fingerprint density at radius 3 is 2.36 bits per heavy atom. The summed E-state index contributed by atoms with van der Waals surface area (Å²) in [6.45, 7) is 12.0. The van der Waals surface area contributed by atoms with E-state index in [1.54, 1.807) is 0 Å². The number of hydrogen-bond donors (Lipinski definition) is 1. The van der Waals surface area contributed by atoms with Crippen molar-refractivity contribution in [3.63, 3.8) is 0 Å². The molecule has 2 aliphatic rings. The zero-order valence-corrected chi connectivity index (χ0v) is 20.6. The summed E-state index contributed by atoms with van der Waals surface area (Å²) in [6, 6.07) is 10.2. The van der Waals surface area contributed by atoms with E-state index in [1.165, 1.54) is 17.9 Å². The first-order chi connectivity index (χ1) is 13.1. The molecule has 0 bridgehead atoms. The second-order valence-electron chi connectivity index (χ2n) is 9.61. The molecule has 1 spiro atoms. The number of ether oxygens (including phenoxy) is 1. The summed E-state index contributed by atoms with van der Waals surface area (Å²) in [7, 11) is -1.96. The van der Waals surface area contributed by atoms with Crippen molar-refractivity contribution in [1.29, 1.82) is 0 Å². The Kier molecular flexibility index (Phi) is 7.31. The average molecular weight is 441 g/mol. The molecule has 1 aliphatic heterocycles. The fourth-order valence-electron chi connectivity index (χ4n) is 3.69. The molecule has 3 nitrogen and oxygen atoms in total. The number of hydrogen-bond acceptors (Lipinski definition) is 5. The minimum atomic E-state index is -1.96. The molecule has 1 aliphatic carbocycles. The quantitative estimate of drug-likeness (QED) is 0.596. The fourth-order valence-corrected chi connectivity index (χ4v) is 8.50. The molecule has 6 heteroatoms. The molecule has 1 heterocycles. The number of thioether (sulfide) groups is 2. The highest BCUT2D eigenvalue weighted by molar-refractivity contribution is 8.18. The Balaban J connectivity index is 1.78. The van der Waals surface area contributed by atoms with Gasteiger partial charge in [0, 0.05) is 0 Å². The minimum Gasteiger partial charge on any atom is -0.411 e. The van der Waals surface area contributed by atoms with Crippen LogP contribution < -0.4 is 0 Å². The molecule has 1 aromatic rings. The van der Waals surface area contributed by atoms with Crippen LogP contribution in [-0.4, -0.2) is 47.3 Å². The molecule has 0 aromatic heterocycles. The van der Waals surface area contributed by atoms with Crippen LogP contribution in [0.15, 0.2) is 30.3 Å². The van der Waals surface area contributed by atoms with Gasteiger partial charge in [-0.2, -0.15) is 0 Å². The molecule has 158 valence electrons. The van der Waals surface area contributed by atoms with E-state index in [0.717, 1.165) is 18.4 Å². The van der Waals surface area contributed by atoms with Crippen LogP contribution in [0.25, 0.3) is 0 Å². The maximum atomic E-state index is 11.1. The average Bonchev–Trinajstić information content (AvgIpc) is 2.61. The van der Waals surface area contributed by atoms with E-state index in [2.05, 4.69) is 46.0 Å². The molecular formula is C22H36O3S2Si. The van der Waals surface area contributed by atoms with Gasteiger partial charge in [0.25, 0.3) is 0 Å². The smallest absolute Gasteiger partial charge is 0.192 e. The molecule has 1 saturated carbocycles. The fraction of sp³-hybridized carbons (Fsp3) is 0.727. The van der Waals surface area contributed by atoms with Gasteiger partial charge >= 0.3 is 0 Å². The second-order valence-corrected chi connectivity index (χ2v) is 17.6. The van der Waals surface area contributed by atoms with Crippen molar-refractivity contribution in [2.75, 3.05) is 11.5 Å². The van der Waals surface area contributed by atoms with E-state index in [9.17, 15) is 5.11 Å². The Labute approximate surface area is 180 Å². The van der Waals surface area contributed by atoms with E-state index >= 15 is 0 Å². The number of aliphatic hydroxyl groups excluding tert-OH is 1. The normalized spacial score (nSPS) is 28.4. The van der Waals surface area contributed by atoms with Gasteiger partial charge in [0.2, 0.25) is 0 Å². The molecule has 3 atom stereocenters. The van der Waals surface area contributed by atoms with Crippen LogP contribution in [0.3, 0.4) is 0 Å². The highest BCUT2D eigenvalue weighted by Gasteiger charge is 2.51. The van der Waals surface area contributed by atoms with Crippen LogP contribution in [0.5, 0.6) is 0 Å². The summed E-state index contributed by atoms with van der Waals surface area (Å²) in [4.78, 5) is 0. The topological polar surface area (TPSA) is 38.7 Å². The molecule has 28 heavy (non-hydrogen) atoms. The van der Waals surface area contributed by atoms with Crippen LogP contribution in [0.1, 0.15) is 45.6 Å². The third-order valence-electron chi connectivity index (χ3n) is 6.33. The number of aliphatic hydroxyl groups is 1. The van der Waals surface area contributed by atoms with Crippen molar-refractivity contribution in [3.8, 4) is 0 Å². The maximum Gasteiger partial charge on any atom is 0.192 e. The van der Waals surface area contributed by atoms with Crippen molar-refractivity contribution < 1.29 is 14.3 Å². The van der Waals surface area contributed by atoms with Gasteiger partial charge < -0.3 is 14.3 Å². The van der Waals surface area contributed by atoms with Crippen molar-refractivity contribution in [2.24, 2.45) is 0 Å². The Bertz CT molecular complexity index is 626. The summed E-state index contributed by atoms with van der Waals surface area (Å²) in [6.07, 6.45) is 2.22. The van der Waals surface area contributed by atoms with E-state index in [4.69, 9.17) is 9.16 Å². The zero-order chi connectivity index (χ0) is 20.4. The first-order valence-electron chi connectivity index (χ1n) is 10.4. The largest absolute Gasteiger partial charge is 0.411 e. The van der Waals surface area contributed by atoms with Gasteiger partial charge in [-0.15, -0.1) is 23.5 Å². The standard InChI is InChI=1S/C22H36O3S2Si/c1-21(2,3)28(4,5)25-19-15-22(26-12-9-13-27-22)14-18(23)20(19)24-16-17-10-7-6-8-11-17/h6-8,10-11,18-20,23H,9,12-16H2,1-5H3/t18-,19-,20?/m0/s1. The van der Waals surface area contributed by atoms with Crippen LogP contribution in [0.2, 0.25) is 18.1 Å². The third kappa shape index (κ3) is 5.38. The minimum absolute atomic E-state index is 0.0496. The van der Waals surface area contributed by atoms with Crippen molar-refractivity contribution in [2.45, 2.75) is 87.2 Å². The van der Waals surface area contributed by atoms with Crippen molar-refractivity contribution in [3.05, 3.63) is 35.9 Å². The lowest BCUT2D eigenvalue weighted by molar-refractivity contribution is -0.122. The molecule has 1 unspecified atom stereocenters. The van der Waals surface area contributed by atoms with Gasteiger partial charge in [-0.25, -0.2) is 0 Å². The van der Waals surface area contributed by atoms with Gasteiger partial charge in [0.15, 0.2) is 8.32 Å². The van der Waals surface area contributed by atoms with Gasteiger partial charge in [-0.3, -0.25) is 0 Å². The zero-order valence-electron chi connectivity index (χ0n) is 17.9. The number of benzene rings is 1. The van der Waals surface area contributed by atoms with Crippen LogP contribution in [0, 0.1) is 0 Å². The Morgan fingerprint density at radius 2 is 1.75 bits per heavy atom. The van der Waals surface area contributed by atoms with E-state index in [-0.39, 0.29) is 21.3 Å². The van der Waals surface area contributed by atoms with Gasteiger partial charge in [0.05, 0.1) is 22.9 Å². The summed E-state index contributed by atoms with van der Waals surface area (Å²) in [5.74, 6) is 2.37. The lowest BCUT2D eigenvalue weighted by atomic mass is 9.91. The van der Waals surface area contributed by atoms with Crippen molar-refractivity contribution in [1.82, 2.24) is 0 Å².